The monoisotopic (exact) mass is 262 g/mol. The van der Waals surface area contributed by atoms with Gasteiger partial charge in [0.25, 0.3) is 0 Å². The molecule has 98 valence electrons. The molecular weight excluding hydrogens is 248 g/mol. The fraction of sp³-hybridized carbons (Fsp3) is 0.235. The van der Waals surface area contributed by atoms with Crippen LogP contribution in [-0.4, -0.2) is 17.9 Å². The number of carbonyl (C=O) groups is 1. The van der Waals surface area contributed by atoms with Crippen LogP contribution in [0.25, 0.3) is 0 Å². The Morgan fingerprint density at radius 2 is 1.75 bits per heavy atom. The van der Waals surface area contributed by atoms with Gasteiger partial charge in [-0.25, -0.2) is 0 Å². The second kappa shape index (κ2) is 4.10. The molecule has 2 aromatic carbocycles. The van der Waals surface area contributed by atoms with Crippen LogP contribution in [0.2, 0.25) is 0 Å². The first-order chi connectivity index (χ1) is 9.81. The molecule has 3 nitrogen and oxygen atoms in total. The minimum Gasteiger partial charge on any atom is -0.291 e. The van der Waals surface area contributed by atoms with Crippen molar-refractivity contribution in [1.82, 2.24) is 0 Å². The van der Waals surface area contributed by atoms with Crippen molar-refractivity contribution >= 4 is 5.78 Å². The van der Waals surface area contributed by atoms with Gasteiger partial charge in [0.05, 0.1) is 6.54 Å². The van der Waals surface area contributed by atoms with Gasteiger partial charge in [0.15, 0.2) is 11.3 Å². The Labute approximate surface area is 117 Å². The SMILES string of the molecule is O=C1c2ccccc2CC12N=NCC2c1ccccc1. The predicted octanol–water partition coefficient (Wildman–Crippen LogP) is 3.41. The van der Waals surface area contributed by atoms with E-state index in [9.17, 15) is 4.79 Å². The van der Waals surface area contributed by atoms with Gasteiger partial charge >= 0.3 is 0 Å². The number of rotatable bonds is 1. The molecule has 0 saturated heterocycles. The summed E-state index contributed by atoms with van der Waals surface area (Å²) in [6.07, 6.45) is 0.672. The molecular formula is C17H14N2O. The Kier molecular flexibility index (Phi) is 2.36. The van der Waals surface area contributed by atoms with E-state index in [0.717, 1.165) is 16.7 Å². The minimum absolute atomic E-state index is 0.0589. The molecule has 4 rings (SSSR count). The Hall–Kier alpha value is -2.29. The van der Waals surface area contributed by atoms with Gasteiger partial charge in [0, 0.05) is 17.9 Å². The molecule has 0 radical (unpaired) electrons. The van der Waals surface area contributed by atoms with E-state index in [0.29, 0.717) is 13.0 Å². The predicted molar refractivity (Wildman–Crippen MR) is 76.1 cm³/mol. The molecule has 0 aromatic heterocycles. The van der Waals surface area contributed by atoms with E-state index in [1.807, 2.05) is 42.5 Å². The molecule has 0 bridgehead atoms. The van der Waals surface area contributed by atoms with Crippen LogP contribution in [-0.2, 0) is 6.42 Å². The van der Waals surface area contributed by atoms with Crippen molar-refractivity contribution in [3.05, 3.63) is 71.3 Å². The van der Waals surface area contributed by atoms with Crippen molar-refractivity contribution in [3.8, 4) is 0 Å². The molecule has 2 aromatic rings. The van der Waals surface area contributed by atoms with Crippen molar-refractivity contribution in [2.45, 2.75) is 17.9 Å². The van der Waals surface area contributed by atoms with Crippen LogP contribution in [0, 0.1) is 0 Å². The fourth-order valence-electron chi connectivity index (χ4n) is 3.40. The third-order valence-corrected chi connectivity index (χ3v) is 4.41. The van der Waals surface area contributed by atoms with Crippen molar-refractivity contribution in [3.63, 3.8) is 0 Å². The maximum absolute atomic E-state index is 12.9. The summed E-state index contributed by atoms with van der Waals surface area (Å²) in [5.74, 6) is 0.187. The highest BCUT2D eigenvalue weighted by atomic mass is 16.1. The van der Waals surface area contributed by atoms with E-state index < -0.39 is 5.54 Å². The average Bonchev–Trinajstić information content (AvgIpc) is 3.04. The number of fused-ring (bicyclic) bond motifs is 1. The standard InChI is InChI=1S/C17H14N2O/c20-16-14-9-5-4-8-13(14)10-17(16)15(11-18-19-17)12-6-2-1-3-7-12/h1-9,15H,10-11H2. The number of ketones is 1. The minimum atomic E-state index is -0.703. The van der Waals surface area contributed by atoms with Crippen LogP contribution in [0.5, 0.6) is 0 Å². The molecule has 0 saturated carbocycles. The third kappa shape index (κ3) is 1.43. The molecule has 20 heavy (non-hydrogen) atoms. The van der Waals surface area contributed by atoms with Gasteiger partial charge in [-0.15, -0.1) is 0 Å². The second-order valence-electron chi connectivity index (χ2n) is 5.47. The molecule has 1 spiro atoms. The summed E-state index contributed by atoms with van der Waals surface area (Å²) in [6.45, 7) is 0.601. The van der Waals surface area contributed by atoms with E-state index in [-0.39, 0.29) is 11.7 Å². The van der Waals surface area contributed by atoms with Crippen LogP contribution in [0.1, 0.15) is 27.4 Å². The number of carbonyl (C=O) groups excluding carboxylic acids is 1. The smallest absolute Gasteiger partial charge is 0.193 e. The Balaban J connectivity index is 1.82. The van der Waals surface area contributed by atoms with Crippen LogP contribution in [0.3, 0.4) is 0 Å². The van der Waals surface area contributed by atoms with Gasteiger partial charge in [0.1, 0.15) is 0 Å². The average molecular weight is 262 g/mol. The molecule has 3 heteroatoms. The molecule has 2 atom stereocenters. The number of Topliss-reactive ketones (excluding diaryl/α,β-unsaturated/α-hetero) is 1. The summed E-state index contributed by atoms with van der Waals surface area (Å²) >= 11 is 0. The third-order valence-electron chi connectivity index (χ3n) is 4.41. The van der Waals surface area contributed by atoms with E-state index in [4.69, 9.17) is 0 Å². The maximum atomic E-state index is 12.9. The summed E-state index contributed by atoms with van der Waals surface area (Å²) < 4.78 is 0. The van der Waals surface area contributed by atoms with E-state index in [2.05, 4.69) is 22.4 Å². The zero-order valence-corrected chi connectivity index (χ0v) is 11.0. The van der Waals surface area contributed by atoms with Crippen molar-refractivity contribution in [2.24, 2.45) is 10.2 Å². The number of nitrogens with zero attached hydrogens (tertiary/aromatic N) is 2. The molecule has 1 aliphatic carbocycles. The Morgan fingerprint density at radius 1 is 1.00 bits per heavy atom. The fourth-order valence-corrected chi connectivity index (χ4v) is 3.40. The first-order valence-corrected chi connectivity index (χ1v) is 6.87. The summed E-state index contributed by atoms with van der Waals surface area (Å²) in [6, 6.07) is 18.0. The molecule has 0 N–H and O–H groups in total. The zero-order valence-electron chi connectivity index (χ0n) is 11.0. The lowest BCUT2D eigenvalue weighted by Crippen LogP contribution is -2.38. The largest absolute Gasteiger partial charge is 0.291 e. The van der Waals surface area contributed by atoms with Gasteiger partial charge in [-0.05, 0) is 11.1 Å². The van der Waals surface area contributed by atoms with Gasteiger partial charge in [-0.1, -0.05) is 54.6 Å². The Bertz CT molecular complexity index is 708. The number of hydrogen-bond donors (Lipinski definition) is 0. The maximum Gasteiger partial charge on any atom is 0.193 e. The van der Waals surface area contributed by atoms with E-state index in [1.165, 1.54) is 0 Å². The molecule has 0 fully saturated rings. The summed E-state index contributed by atoms with van der Waals surface area (Å²) in [7, 11) is 0. The lowest BCUT2D eigenvalue weighted by molar-refractivity contribution is 0.0897. The van der Waals surface area contributed by atoms with Gasteiger partial charge < -0.3 is 0 Å². The Morgan fingerprint density at radius 3 is 2.55 bits per heavy atom. The summed E-state index contributed by atoms with van der Waals surface area (Å²) in [4.78, 5) is 12.9. The lowest BCUT2D eigenvalue weighted by atomic mass is 9.78. The highest BCUT2D eigenvalue weighted by Gasteiger charge is 2.54. The highest BCUT2D eigenvalue weighted by molar-refractivity contribution is 6.08. The quantitative estimate of drug-likeness (QED) is 0.776. The first kappa shape index (κ1) is 11.5. The van der Waals surface area contributed by atoms with Crippen molar-refractivity contribution < 1.29 is 4.79 Å². The normalized spacial score (nSPS) is 27.2. The van der Waals surface area contributed by atoms with Crippen LogP contribution >= 0.6 is 0 Å². The molecule has 2 unspecified atom stereocenters. The number of azo groups is 1. The molecule has 1 aliphatic heterocycles. The van der Waals surface area contributed by atoms with Gasteiger partial charge in [0.2, 0.25) is 0 Å². The number of hydrogen-bond acceptors (Lipinski definition) is 3. The molecule has 2 aliphatic rings. The van der Waals surface area contributed by atoms with Crippen LogP contribution < -0.4 is 0 Å². The molecule has 0 amide bonds. The first-order valence-electron chi connectivity index (χ1n) is 6.87. The summed E-state index contributed by atoms with van der Waals surface area (Å²) in [5.41, 5.74) is 2.36. The highest BCUT2D eigenvalue weighted by Crippen LogP contribution is 2.46. The van der Waals surface area contributed by atoms with E-state index in [1.54, 1.807) is 0 Å². The van der Waals surface area contributed by atoms with Crippen molar-refractivity contribution in [1.29, 1.82) is 0 Å². The van der Waals surface area contributed by atoms with Gasteiger partial charge in [-0.2, -0.15) is 10.2 Å². The van der Waals surface area contributed by atoms with Crippen LogP contribution in [0.15, 0.2) is 64.8 Å². The number of benzene rings is 2. The van der Waals surface area contributed by atoms with Gasteiger partial charge in [-0.3, -0.25) is 4.79 Å². The second-order valence-corrected chi connectivity index (χ2v) is 5.47. The lowest BCUT2D eigenvalue weighted by Gasteiger charge is -2.25. The topological polar surface area (TPSA) is 41.8 Å². The summed E-state index contributed by atoms with van der Waals surface area (Å²) in [5, 5.41) is 8.61. The van der Waals surface area contributed by atoms with E-state index >= 15 is 0 Å². The zero-order chi connectivity index (χ0) is 13.6. The van der Waals surface area contributed by atoms with Crippen molar-refractivity contribution in [2.75, 3.05) is 6.54 Å². The van der Waals surface area contributed by atoms with Crippen LogP contribution in [0.4, 0.5) is 0 Å². The molecule has 1 heterocycles.